The molecule has 0 saturated carbocycles. The van der Waals surface area contributed by atoms with Crippen molar-refractivity contribution in [2.45, 2.75) is 31.8 Å². The number of para-hydroxylation sites is 1. The van der Waals surface area contributed by atoms with Crippen molar-refractivity contribution in [2.75, 3.05) is 17.2 Å². The number of hydrogen-bond acceptors (Lipinski definition) is 3. The number of thioether (sulfide) groups is 1. The van der Waals surface area contributed by atoms with Crippen molar-refractivity contribution < 1.29 is 9.59 Å². The highest BCUT2D eigenvalue weighted by molar-refractivity contribution is 8.01. The summed E-state index contributed by atoms with van der Waals surface area (Å²) in [6.07, 6.45) is 0. The van der Waals surface area contributed by atoms with Gasteiger partial charge in [-0.25, -0.2) is 4.79 Å². The van der Waals surface area contributed by atoms with Crippen molar-refractivity contribution in [2.24, 2.45) is 0 Å². The SMILES string of the molecule is Cc1ccc(CN2C(=O)C3(SCCN3C(=O)NCc3cccc(C)c3)c3ccccc32)cc1. The van der Waals surface area contributed by atoms with E-state index < -0.39 is 4.87 Å². The van der Waals surface area contributed by atoms with E-state index in [-0.39, 0.29) is 11.9 Å². The van der Waals surface area contributed by atoms with Gasteiger partial charge in [0.1, 0.15) is 0 Å². The van der Waals surface area contributed by atoms with Gasteiger partial charge < -0.3 is 10.2 Å². The van der Waals surface area contributed by atoms with Gasteiger partial charge in [-0.3, -0.25) is 9.69 Å². The minimum absolute atomic E-state index is 0.0440. The zero-order valence-corrected chi connectivity index (χ0v) is 19.7. The predicted octanol–water partition coefficient (Wildman–Crippen LogP) is 4.96. The first-order valence-corrected chi connectivity index (χ1v) is 12.2. The average Bonchev–Trinajstić information content (AvgIpc) is 3.36. The largest absolute Gasteiger partial charge is 0.334 e. The van der Waals surface area contributed by atoms with E-state index in [9.17, 15) is 9.59 Å². The molecule has 33 heavy (non-hydrogen) atoms. The molecule has 2 heterocycles. The second-order valence-corrected chi connectivity index (χ2v) is 9.97. The summed E-state index contributed by atoms with van der Waals surface area (Å²) in [6, 6.07) is 24.0. The average molecular weight is 458 g/mol. The van der Waals surface area contributed by atoms with E-state index in [1.165, 1.54) is 5.56 Å². The Balaban J connectivity index is 1.44. The summed E-state index contributed by atoms with van der Waals surface area (Å²) in [5.41, 5.74) is 6.24. The van der Waals surface area contributed by atoms with Crippen LogP contribution in [0.5, 0.6) is 0 Å². The van der Waals surface area contributed by atoms with E-state index in [4.69, 9.17) is 0 Å². The fraction of sp³-hybridized carbons (Fsp3) is 0.259. The van der Waals surface area contributed by atoms with Crippen molar-refractivity contribution in [3.63, 3.8) is 0 Å². The molecule has 5 nitrogen and oxygen atoms in total. The lowest BCUT2D eigenvalue weighted by molar-refractivity contribution is -0.123. The fourth-order valence-electron chi connectivity index (χ4n) is 4.70. The van der Waals surface area contributed by atoms with Crippen LogP contribution in [0.1, 0.15) is 27.8 Å². The molecule has 2 aliphatic rings. The minimum Gasteiger partial charge on any atom is -0.334 e. The van der Waals surface area contributed by atoms with E-state index in [0.29, 0.717) is 19.6 Å². The Morgan fingerprint density at radius 1 is 0.970 bits per heavy atom. The summed E-state index contributed by atoms with van der Waals surface area (Å²) in [6.45, 7) is 5.53. The van der Waals surface area contributed by atoms with E-state index in [2.05, 4.69) is 42.6 Å². The zero-order chi connectivity index (χ0) is 23.0. The Morgan fingerprint density at radius 2 is 1.76 bits per heavy atom. The highest BCUT2D eigenvalue weighted by Crippen LogP contribution is 2.54. The highest BCUT2D eigenvalue weighted by atomic mass is 32.2. The first-order valence-electron chi connectivity index (χ1n) is 11.2. The number of rotatable bonds is 4. The highest BCUT2D eigenvalue weighted by Gasteiger charge is 2.59. The van der Waals surface area contributed by atoms with E-state index in [1.807, 2.05) is 54.3 Å². The van der Waals surface area contributed by atoms with Gasteiger partial charge in [0.2, 0.25) is 0 Å². The molecular formula is C27H27N3O2S. The van der Waals surface area contributed by atoms with Crippen LogP contribution >= 0.6 is 11.8 Å². The summed E-state index contributed by atoms with van der Waals surface area (Å²) in [5.74, 6) is 0.675. The van der Waals surface area contributed by atoms with E-state index in [0.717, 1.165) is 33.7 Å². The van der Waals surface area contributed by atoms with Crippen molar-refractivity contribution in [1.29, 1.82) is 0 Å². The molecule has 2 aliphatic heterocycles. The lowest BCUT2D eigenvalue weighted by atomic mass is 10.1. The monoisotopic (exact) mass is 457 g/mol. The third-order valence-electron chi connectivity index (χ3n) is 6.33. The molecule has 0 bridgehead atoms. The van der Waals surface area contributed by atoms with E-state index >= 15 is 0 Å². The van der Waals surface area contributed by atoms with Gasteiger partial charge in [0.15, 0.2) is 4.87 Å². The maximum atomic E-state index is 14.0. The standard InChI is InChI=1S/C27H27N3O2S/c1-19-10-12-21(13-11-19)18-29-24-9-4-3-8-23(24)27(25(29)31)30(14-15-33-27)26(32)28-17-22-7-5-6-20(2)16-22/h3-13,16H,14-15,17-18H2,1-2H3,(H,28,32). The Kier molecular flexibility index (Phi) is 5.62. The molecule has 1 fully saturated rings. The number of aryl methyl sites for hydroxylation is 2. The molecule has 168 valence electrons. The molecule has 1 atom stereocenters. The van der Waals surface area contributed by atoms with Crippen LogP contribution in [0.25, 0.3) is 0 Å². The Labute approximate surface area is 198 Å². The normalized spacial score (nSPS) is 19.3. The van der Waals surface area contributed by atoms with Gasteiger partial charge in [0, 0.05) is 24.4 Å². The Morgan fingerprint density at radius 3 is 2.55 bits per heavy atom. The Hall–Kier alpha value is -3.25. The molecule has 1 N–H and O–H groups in total. The number of carbonyl (C=O) groups is 2. The van der Waals surface area contributed by atoms with Gasteiger partial charge >= 0.3 is 6.03 Å². The van der Waals surface area contributed by atoms with Crippen LogP contribution < -0.4 is 10.2 Å². The van der Waals surface area contributed by atoms with Gasteiger partial charge in [0.05, 0.1) is 12.2 Å². The number of fused-ring (bicyclic) bond motifs is 2. The zero-order valence-electron chi connectivity index (χ0n) is 18.9. The van der Waals surface area contributed by atoms with Crippen molar-refractivity contribution in [3.8, 4) is 0 Å². The van der Waals surface area contributed by atoms with Gasteiger partial charge in [0.25, 0.3) is 5.91 Å². The van der Waals surface area contributed by atoms with Gasteiger partial charge in [-0.1, -0.05) is 77.9 Å². The number of anilines is 1. The molecule has 0 aromatic heterocycles. The Bertz CT molecular complexity index is 1210. The number of hydrogen-bond donors (Lipinski definition) is 1. The summed E-state index contributed by atoms with van der Waals surface area (Å²) in [5, 5.41) is 3.04. The molecule has 0 radical (unpaired) electrons. The van der Waals surface area contributed by atoms with Crippen LogP contribution in [0.4, 0.5) is 10.5 Å². The maximum absolute atomic E-state index is 14.0. The molecule has 5 rings (SSSR count). The fourth-order valence-corrected chi connectivity index (χ4v) is 6.16. The smallest absolute Gasteiger partial charge is 0.319 e. The molecule has 0 aliphatic carbocycles. The lowest BCUT2D eigenvalue weighted by Gasteiger charge is -2.33. The van der Waals surface area contributed by atoms with Crippen LogP contribution in [-0.2, 0) is 22.8 Å². The van der Waals surface area contributed by atoms with Gasteiger partial charge in [-0.05, 0) is 31.0 Å². The second-order valence-electron chi connectivity index (χ2n) is 8.69. The third kappa shape index (κ3) is 3.78. The van der Waals surface area contributed by atoms with Crippen LogP contribution in [0.15, 0.2) is 72.8 Å². The van der Waals surface area contributed by atoms with Gasteiger partial charge in [-0.15, -0.1) is 11.8 Å². The molecular weight excluding hydrogens is 430 g/mol. The summed E-state index contributed by atoms with van der Waals surface area (Å²) < 4.78 is 0. The first-order chi connectivity index (χ1) is 16.0. The number of benzene rings is 3. The summed E-state index contributed by atoms with van der Waals surface area (Å²) >= 11 is 1.55. The number of nitrogens with zero attached hydrogens (tertiary/aromatic N) is 2. The maximum Gasteiger partial charge on any atom is 0.319 e. The second kappa shape index (κ2) is 8.60. The molecule has 3 aromatic rings. The summed E-state index contributed by atoms with van der Waals surface area (Å²) in [7, 11) is 0. The van der Waals surface area contributed by atoms with Gasteiger partial charge in [-0.2, -0.15) is 0 Å². The van der Waals surface area contributed by atoms with Crippen molar-refractivity contribution in [3.05, 3.63) is 101 Å². The van der Waals surface area contributed by atoms with Crippen molar-refractivity contribution in [1.82, 2.24) is 10.2 Å². The third-order valence-corrected chi connectivity index (χ3v) is 7.75. The molecule has 3 amide bonds. The number of urea groups is 1. The first kappa shape index (κ1) is 21.6. The topological polar surface area (TPSA) is 52.7 Å². The molecule has 1 unspecified atom stereocenters. The number of carbonyl (C=O) groups excluding carboxylic acids is 2. The van der Waals surface area contributed by atoms with E-state index in [1.54, 1.807) is 16.7 Å². The van der Waals surface area contributed by atoms with Crippen LogP contribution in [-0.4, -0.2) is 29.1 Å². The summed E-state index contributed by atoms with van der Waals surface area (Å²) in [4.78, 5) is 29.9. The molecule has 3 aromatic carbocycles. The molecule has 1 spiro atoms. The predicted molar refractivity (Wildman–Crippen MR) is 133 cm³/mol. The number of amides is 3. The number of nitrogens with one attached hydrogen (secondary N) is 1. The van der Waals surface area contributed by atoms with Crippen LogP contribution in [0.2, 0.25) is 0 Å². The molecule has 1 saturated heterocycles. The quantitative estimate of drug-likeness (QED) is 0.602. The minimum atomic E-state index is -1.02. The lowest BCUT2D eigenvalue weighted by Crippen LogP contribution is -2.53. The van der Waals surface area contributed by atoms with Crippen LogP contribution in [0.3, 0.4) is 0 Å². The molecule has 6 heteroatoms. The van der Waals surface area contributed by atoms with Crippen molar-refractivity contribution >= 4 is 29.4 Å². The van der Waals surface area contributed by atoms with Crippen LogP contribution in [0, 0.1) is 13.8 Å².